The highest BCUT2D eigenvalue weighted by Gasteiger charge is 2.43. The van der Waals surface area contributed by atoms with E-state index in [2.05, 4.69) is 36.1 Å². The molecule has 2 aromatic rings. The fraction of sp³-hybridized carbons (Fsp3) is 0.435. The van der Waals surface area contributed by atoms with E-state index in [1.54, 1.807) is 0 Å². The summed E-state index contributed by atoms with van der Waals surface area (Å²) in [6.07, 6.45) is 4.88. The SMILES string of the molecule is CCC1c2ccccc2N(CC(=O)OCc2ccccc2)C2CCCC12. The van der Waals surface area contributed by atoms with Crippen LogP contribution in [0.1, 0.15) is 49.7 Å². The molecule has 26 heavy (non-hydrogen) atoms. The Morgan fingerprint density at radius 3 is 2.65 bits per heavy atom. The number of hydrogen-bond acceptors (Lipinski definition) is 3. The van der Waals surface area contributed by atoms with Crippen molar-refractivity contribution in [3.8, 4) is 0 Å². The molecule has 1 fully saturated rings. The molecule has 0 bridgehead atoms. The summed E-state index contributed by atoms with van der Waals surface area (Å²) < 4.78 is 5.57. The van der Waals surface area contributed by atoms with Crippen molar-refractivity contribution in [2.45, 2.75) is 51.2 Å². The van der Waals surface area contributed by atoms with Crippen LogP contribution in [-0.4, -0.2) is 18.6 Å². The molecule has 3 atom stereocenters. The molecule has 0 spiro atoms. The molecule has 3 heteroatoms. The Bertz CT molecular complexity index is 758. The van der Waals surface area contributed by atoms with Gasteiger partial charge in [-0.25, -0.2) is 0 Å². The third-order valence-electron chi connectivity index (χ3n) is 6.08. The molecule has 0 amide bonds. The minimum absolute atomic E-state index is 0.135. The molecule has 1 saturated carbocycles. The van der Waals surface area contributed by atoms with Crippen molar-refractivity contribution in [2.75, 3.05) is 11.4 Å². The zero-order valence-electron chi connectivity index (χ0n) is 15.4. The van der Waals surface area contributed by atoms with Crippen molar-refractivity contribution in [1.29, 1.82) is 0 Å². The first-order valence-corrected chi connectivity index (χ1v) is 9.83. The molecular weight excluding hydrogens is 322 g/mol. The average Bonchev–Trinajstić information content (AvgIpc) is 3.17. The van der Waals surface area contributed by atoms with Gasteiger partial charge >= 0.3 is 5.97 Å². The van der Waals surface area contributed by atoms with Gasteiger partial charge in [0, 0.05) is 11.7 Å². The third-order valence-corrected chi connectivity index (χ3v) is 6.08. The summed E-state index contributed by atoms with van der Waals surface area (Å²) in [5, 5.41) is 0. The fourth-order valence-corrected chi connectivity index (χ4v) is 4.95. The largest absolute Gasteiger partial charge is 0.459 e. The first-order valence-electron chi connectivity index (χ1n) is 9.83. The van der Waals surface area contributed by atoms with E-state index >= 15 is 0 Å². The molecule has 4 rings (SSSR count). The highest BCUT2D eigenvalue weighted by Crippen LogP contribution is 2.49. The monoisotopic (exact) mass is 349 g/mol. The van der Waals surface area contributed by atoms with Gasteiger partial charge in [0.2, 0.25) is 0 Å². The van der Waals surface area contributed by atoms with Gasteiger partial charge in [0.1, 0.15) is 13.2 Å². The Kier molecular flexibility index (Phi) is 4.96. The quantitative estimate of drug-likeness (QED) is 0.718. The minimum atomic E-state index is -0.135. The Morgan fingerprint density at radius 2 is 1.85 bits per heavy atom. The number of esters is 1. The average molecular weight is 349 g/mol. The Morgan fingerprint density at radius 1 is 1.08 bits per heavy atom. The van der Waals surface area contributed by atoms with Crippen LogP contribution in [0.15, 0.2) is 54.6 Å². The molecular formula is C23H27NO2. The maximum absolute atomic E-state index is 12.6. The van der Waals surface area contributed by atoms with Gasteiger partial charge < -0.3 is 9.64 Å². The summed E-state index contributed by atoms with van der Waals surface area (Å²) in [6.45, 7) is 2.99. The topological polar surface area (TPSA) is 29.5 Å². The molecule has 2 aliphatic rings. The molecule has 2 aromatic carbocycles. The van der Waals surface area contributed by atoms with Crippen LogP contribution in [0.3, 0.4) is 0 Å². The van der Waals surface area contributed by atoms with Crippen LogP contribution < -0.4 is 4.90 Å². The summed E-state index contributed by atoms with van der Waals surface area (Å²) in [5.41, 5.74) is 3.68. The number of para-hydroxylation sites is 1. The summed E-state index contributed by atoms with van der Waals surface area (Å²) in [6, 6.07) is 19.0. The number of carbonyl (C=O) groups is 1. The predicted molar refractivity (Wildman–Crippen MR) is 104 cm³/mol. The molecule has 3 nitrogen and oxygen atoms in total. The summed E-state index contributed by atoms with van der Waals surface area (Å²) in [5.74, 6) is 1.15. The number of nitrogens with zero attached hydrogens (tertiary/aromatic N) is 1. The number of rotatable bonds is 5. The van der Waals surface area contributed by atoms with Crippen molar-refractivity contribution in [3.05, 3.63) is 65.7 Å². The summed E-state index contributed by atoms with van der Waals surface area (Å²) >= 11 is 0. The maximum Gasteiger partial charge on any atom is 0.325 e. The van der Waals surface area contributed by atoms with Gasteiger partial charge in [-0.3, -0.25) is 4.79 Å². The van der Waals surface area contributed by atoms with E-state index in [1.807, 2.05) is 30.3 Å². The van der Waals surface area contributed by atoms with E-state index in [0.717, 1.165) is 5.56 Å². The molecule has 0 N–H and O–H groups in total. The highest BCUT2D eigenvalue weighted by molar-refractivity contribution is 5.77. The molecule has 0 radical (unpaired) electrons. The smallest absolute Gasteiger partial charge is 0.325 e. The van der Waals surface area contributed by atoms with Crippen LogP contribution in [0.2, 0.25) is 0 Å². The molecule has 0 aromatic heterocycles. The molecule has 0 saturated heterocycles. The van der Waals surface area contributed by atoms with E-state index in [1.165, 1.54) is 36.9 Å². The standard InChI is InChI=1S/C23H27NO2/c1-2-18-19-11-6-7-13-21(19)24(22-14-8-12-20(18)22)15-23(25)26-16-17-9-4-3-5-10-17/h3-7,9-11,13,18,20,22H,2,8,12,14-16H2,1H3. The van der Waals surface area contributed by atoms with Crippen molar-refractivity contribution in [3.63, 3.8) is 0 Å². The fourth-order valence-electron chi connectivity index (χ4n) is 4.95. The lowest BCUT2D eigenvalue weighted by Gasteiger charge is -2.44. The van der Waals surface area contributed by atoms with Crippen LogP contribution >= 0.6 is 0 Å². The number of carbonyl (C=O) groups excluding carboxylic acids is 1. The van der Waals surface area contributed by atoms with Gasteiger partial charge in [-0.05, 0) is 48.3 Å². The van der Waals surface area contributed by atoms with Crippen LogP contribution in [0, 0.1) is 5.92 Å². The van der Waals surface area contributed by atoms with Crippen molar-refractivity contribution in [1.82, 2.24) is 0 Å². The molecule has 3 unspecified atom stereocenters. The first kappa shape index (κ1) is 17.1. The first-order chi connectivity index (χ1) is 12.8. The lowest BCUT2D eigenvalue weighted by atomic mass is 9.76. The van der Waals surface area contributed by atoms with E-state index in [0.29, 0.717) is 31.0 Å². The molecule has 136 valence electrons. The third kappa shape index (κ3) is 3.23. The van der Waals surface area contributed by atoms with Gasteiger partial charge in [-0.2, -0.15) is 0 Å². The van der Waals surface area contributed by atoms with E-state index < -0.39 is 0 Å². The lowest BCUT2D eigenvalue weighted by molar-refractivity contribution is -0.143. The Hall–Kier alpha value is -2.29. The number of fused-ring (bicyclic) bond motifs is 2. The number of ether oxygens (including phenoxy) is 1. The minimum Gasteiger partial charge on any atom is -0.459 e. The molecule has 1 aliphatic carbocycles. The zero-order valence-corrected chi connectivity index (χ0v) is 15.4. The van der Waals surface area contributed by atoms with Crippen LogP contribution in [0.4, 0.5) is 5.69 Å². The predicted octanol–water partition coefficient (Wildman–Crippen LogP) is 4.91. The van der Waals surface area contributed by atoms with Gasteiger partial charge in [-0.1, -0.05) is 61.9 Å². The normalized spacial score (nSPS) is 24.0. The van der Waals surface area contributed by atoms with Gasteiger partial charge in [0.15, 0.2) is 0 Å². The number of hydrogen-bond donors (Lipinski definition) is 0. The molecule has 1 heterocycles. The Labute approximate surface area is 156 Å². The van der Waals surface area contributed by atoms with Crippen molar-refractivity contribution in [2.24, 2.45) is 5.92 Å². The second kappa shape index (κ2) is 7.53. The molecule has 1 aliphatic heterocycles. The number of benzene rings is 2. The zero-order chi connectivity index (χ0) is 17.9. The summed E-state index contributed by atoms with van der Waals surface area (Å²) in [4.78, 5) is 14.9. The van der Waals surface area contributed by atoms with Gasteiger partial charge in [-0.15, -0.1) is 0 Å². The van der Waals surface area contributed by atoms with Gasteiger partial charge in [0.05, 0.1) is 0 Å². The van der Waals surface area contributed by atoms with Crippen LogP contribution in [-0.2, 0) is 16.1 Å². The van der Waals surface area contributed by atoms with Crippen molar-refractivity contribution < 1.29 is 9.53 Å². The van der Waals surface area contributed by atoms with Crippen LogP contribution in [0.25, 0.3) is 0 Å². The van der Waals surface area contributed by atoms with E-state index in [-0.39, 0.29) is 5.97 Å². The van der Waals surface area contributed by atoms with E-state index in [4.69, 9.17) is 4.74 Å². The second-order valence-corrected chi connectivity index (χ2v) is 7.51. The van der Waals surface area contributed by atoms with Gasteiger partial charge in [0.25, 0.3) is 0 Å². The van der Waals surface area contributed by atoms with Crippen molar-refractivity contribution >= 4 is 11.7 Å². The van der Waals surface area contributed by atoms with Crippen LogP contribution in [0.5, 0.6) is 0 Å². The number of anilines is 1. The second-order valence-electron chi connectivity index (χ2n) is 7.51. The Balaban J connectivity index is 1.52. The lowest BCUT2D eigenvalue weighted by Crippen LogP contribution is -2.47. The maximum atomic E-state index is 12.6. The summed E-state index contributed by atoms with van der Waals surface area (Å²) in [7, 11) is 0. The van der Waals surface area contributed by atoms with E-state index in [9.17, 15) is 4.79 Å². The highest BCUT2D eigenvalue weighted by atomic mass is 16.5.